The molecule has 1 fully saturated rings. The van der Waals surface area contributed by atoms with Crippen LogP contribution in [-0.2, 0) is 11.2 Å². The summed E-state index contributed by atoms with van der Waals surface area (Å²) in [7, 11) is 1.28. The van der Waals surface area contributed by atoms with Crippen molar-refractivity contribution in [2.24, 2.45) is 5.92 Å². The Morgan fingerprint density at radius 1 is 1.09 bits per heavy atom. The van der Waals surface area contributed by atoms with Gasteiger partial charge in [-0.3, -0.25) is 9.59 Å². The Labute approximate surface area is 189 Å². The lowest BCUT2D eigenvalue weighted by Crippen LogP contribution is -2.33. The number of nitrogens with zero attached hydrogens (tertiary/aromatic N) is 2. The molecule has 0 N–H and O–H groups in total. The van der Waals surface area contributed by atoms with Crippen LogP contribution in [0.5, 0.6) is 0 Å². The SMILES string of the molecule is COC(=O)c1cccc(C(=O)N2CCc3cc(C(=O)CC4CC4)sc3-c3ccccc32)n1. The zero-order valence-electron chi connectivity index (χ0n) is 17.7. The van der Waals surface area contributed by atoms with Crippen LogP contribution < -0.4 is 4.90 Å². The molecule has 0 atom stereocenters. The van der Waals surface area contributed by atoms with Crippen LogP contribution in [0.25, 0.3) is 10.4 Å². The normalized spacial score (nSPS) is 14.8. The Morgan fingerprint density at radius 3 is 2.66 bits per heavy atom. The van der Waals surface area contributed by atoms with Crippen LogP contribution in [0.2, 0.25) is 0 Å². The molecule has 6 nitrogen and oxygen atoms in total. The maximum atomic E-state index is 13.4. The van der Waals surface area contributed by atoms with Crippen LogP contribution >= 0.6 is 11.3 Å². The van der Waals surface area contributed by atoms with Crippen molar-refractivity contribution in [1.82, 2.24) is 4.98 Å². The lowest BCUT2D eigenvalue weighted by atomic mass is 10.1. The summed E-state index contributed by atoms with van der Waals surface area (Å²) < 4.78 is 4.73. The predicted octanol–water partition coefficient (Wildman–Crippen LogP) is 4.78. The van der Waals surface area contributed by atoms with Crippen molar-refractivity contribution in [2.75, 3.05) is 18.6 Å². The average Bonchev–Trinajstić information content (AvgIpc) is 3.57. The monoisotopic (exact) mass is 446 g/mol. The van der Waals surface area contributed by atoms with E-state index in [1.165, 1.54) is 24.5 Å². The average molecular weight is 447 g/mol. The molecular formula is C25H22N2O4S. The molecule has 1 amide bonds. The molecule has 0 unspecified atom stereocenters. The molecule has 0 saturated heterocycles. The van der Waals surface area contributed by atoms with Gasteiger partial charge in [0, 0.05) is 23.4 Å². The van der Waals surface area contributed by atoms with Crippen molar-refractivity contribution < 1.29 is 19.1 Å². The number of pyridine rings is 1. The van der Waals surface area contributed by atoms with E-state index >= 15 is 0 Å². The van der Waals surface area contributed by atoms with Crippen molar-refractivity contribution in [3.05, 3.63) is 70.4 Å². The fourth-order valence-corrected chi connectivity index (χ4v) is 5.23. The van der Waals surface area contributed by atoms with Gasteiger partial charge in [-0.05, 0) is 55.0 Å². The maximum Gasteiger partial charge on any atom is 0.356 e. The highest BCUT2D eigenvalue weighted by molar-refractivity contribution is 7.17. The number of carbonyl (C=O) groups excluding carboxylic acids is 3. The number of thiophene rings is 1. The number of ketones is 1. The first-order chi connectivity index (χ1) is 15.5. The van der Waals surface area contributed by atoms with Gasteiger partial charge in [-0.25, -0.2) is 9.78 Å². The summed E-state index contributed by atoms with van der Waals surface area (Å²) in [5, 5.41) is 0. The van der Waals surface area contributed by atoms with Crippen molar-refractivity contribution in [3.8, 4) is 10.4 Å². The van der Waals surface area contributed by atoms with Crippen molar-refractivity contribution in [1.29, 1.82) is 0 Å². The van der Waals surface area contributed by atoms with Gasteiger partial charge < -0.3 is 9.64 Å². The third-order valence-corrected chi connectivity index (χ3v) is 7.16. The van der Waals surface area contributed by atoms with E-state index in [2.05, 4.69) is 4.98 Å². The molecule has 7 heteroatoms. The van der Waals surface area contributed by atoms with E-state index in [1.807, 2.05) is 30.3 Å². The zero-order chi connectivity index (χ0) is 22.2. The second-order valence-corrected chi connectivity index (χ2v) is 9.21. The molecule has 0 radical (unpaired) electrons. The summed E-state index contributed by atoms with van der Waals surface area (Å²) in [6.07, 6.45) is 3.58. The standard InChI is InChI=1S/C25H22N2O4S/c1-31-25(30)19-7-4-6-18(26-19)24(29)27-12-11-16-14-22(21(28)13-15-9-10-15)32-23(16)17-5-2-3-8-20(17)27/h2-8,14-15H,9-13H2,1H3. The van der Waals surface area contributed by atoms with Crippen LogP contribution in [-0.4, -0.2) is 36.3 Å². The third-order valence-electron chi connectivity index (χ3n) is 5.91. The molecule has 1 aliphatic carbocycles. The first kappa shape index (κ1) is 20.6. The zero-order valence-corrected chi connectivity index (χ0v) is 18.5. The van der Waals surface area contributed by atoms with Gasteiger partial charge in [-0.2, -0.15) is 0 Å². The quantitative estimate of drug-likeness (QED) is 0.416. The van der Waals surface area contributed by atoms with E-state index < -0.39 is 5.97 Å². The Morgan fingerprint density at radius 2 is 1.88 bits per heavy atom. The van der Waals surface area contributed by atoms with Gasteiger partial charge in [-0.1, -0.05) is 24.3 Å². The number of esters is 1. The van der Waals surface area contributed by atoms with Crippen molar-refractivity contribution in [2.45, 2.75) is 25.7 Å². The molecule has 1 aliphatic heterocycles. The summed E-state index contributed by atoms with van der Waals surface area (Å²) in [6.45, 7) is 0.458. The third kappa shape index (κ3) is 3.84. The van der Waals surface area contributed by atoms with Gasteiger partial charge in [0.1, 0.15) is 11.4 Å². The molecule has 1 saturated carbocycles. The van der Waals surface area contributed by atoms with E-state index in [9.17, 15) is 14.4 Å². The van der Waals surface area contributed by atoms with Crippen molar-refractivity contribution in [3.63, 3.8) is 0 Å². The largest absolute Gasteiger partial charge is 0.464 e. The predicted molar refractivity (Wildman–Crippen MR) is 122 cm³/mol. The number of anilines is 1. The van der Waals surface area contributed by atoms with Crippen LogP contribution in [0.3, 0.4) is 0 Å². The second kappa shape index (κ2) is 8.31. The number of amides is 1. The summed E-state index contributed by atoms with van der Waals surface area (Å²) in [4.78, 5) is 45.7. The number of fused-ring (bicyclic) bond motifs is 3. The molecular weight excluding hydrogens is 424 g/mol. The number of ether oxygens (including phenoxy) is 1. The highest BCUT2D eigenvalue weighted by Gasteiger charge is 2.30. The van der Waals surface area contributed by atoms with E-state index in [1.54, 1.807) is 17.0 Å². The van der Waals surface area contributed by atoms with Crippen molar-refractivity contribution >= 4 is 34.7 Å². The minimum absolute atomic E-state index is 0.0967. The number of para-hydroxylation sites is 1. The van der Waals surface area contributed by atoms with Gasteiger partial charge in [0.2, 0.25) is 0 Å². The van der Waals surface area contributed by atoms with Gasteiger partial charge >= 0.3 is 5.97 Å². The van der Waals surface area contributed by atoms with E-state index in [0.717, 1.165) is 39.4 Å². The number of benzene rings is 1. The van der Waals surface area contributed by atoms with Gasteiger partial charge in [0.25, 0.3) is 5.91 Å². The Bertz CT molecular complexity index is 1230. The maximum absolute atomic E-state index is 13.4. The molecule has 3 heterocycles. The van der Waals surface area contributed by atoms with Gasteiger partial charge in [-0.15, -0.1) is 11.3 Å². The summed E-state index contributed by atoms with van der Waals surface area (Å²) in [5.41, 5.74) is 3.10. The Hall–Kier alpha value is -3.32. The topological polar surface area (TPSA) is 76.6 Å². The molecule has 3 aromatic rings. The molecule has 2 aromatic heterocycles. The number of Topliss-reactive ketones (excluding diaryl/α,β-unsaturated/α-hetero) is 1. The smallest absolute Gasteiger partial charge is 0.356 e. The summed E-state index contributed by atoms with van der Waals surface area (Å²) in [6, 6.07) is 14.5. The van der Waals surface area contributed by atoms with E-state index in [-0.39, 0.29) is 23.1 Å². The summed E-state index contributed by atoms with van der Waals surface area (Å²) in [5.74, 6) is -0.0808. The fourth-order valence-electron chi connectivity index (χ4n) is 4.04. The number of rotatable bonds is 5. The number of hydrogen-bond donors (Lipinski definition) is 0. The molecule has 2 aliphatic rings. The molecule has 1 aromatic carbocycles. The number of methoxy groups -OCH3 is 1. The highest BCUT2D eigenvalue weighted by atomic mass is 32.1. The van der Waals surface area contributed by atoms with E-state index in [0.29, 0.717) is 25.3 Å². The number of aromatic nitrogens is 1. The molecule has 5 rings (SSSR count). The van der Waals surface area contributed by atoms with Crippen LogP contribution in [0.1, 0.15) is 55.5 Å². The summed E-state index contributed by atoms with van der Waals surface area (Å²) >= 11 is 1.52. The van der Waals surface area contributed by atoms with Gasteiger partial charge in [0.05, 0.1) is 17.7 Å². The van der Waals surface area contributed by atoms with Crippen LogP contribution in [0, 0.1) is 5.92 Å². The van der Waals surface area contributed by atoms with Gasteiger partial charge in [0.15, 0.2) is 5.78 Å². The highest BCUT2D eigenvalue weighted by Crippen LogP contribution is 2.43. The number of carbonyl (C=O) groups is 3. The minimum atomic E-state index is -0.582. The van der Waals surface area contributed by atoms with Crippen LogP contribution in [0.4, 0.5) is 5.69 Å². The Balaban J connectivity index is 1.49. The Kier molecular flexibility index (Phi) is 5.35. The first-order valence-electron chi connectivity index (χ1n) is 10.7. The molecule has 162 valence electrons. The molecule has 32 heavy (non-hydrogen) atoms. The lowest BCUT2D eigenvalue weighted by Gasteiger charge is -2.22. The van der Waals surface area contributed by atoms with Crippen LogP contribution in [0.15, 0.2) is 48.5 Å². The molecule has 0 bridgehead atoms. The second-order valence-electron chi connectivity index (χ2n) is 8.16. The van der Waals surface area contributed by atoms with E-state index in [4.69, 9.17) is 4.74 Å². The minimum Gasteiger partial charge on any atom is -0.464 e. The molecule has 0 spiro atoms. The number of hydrogen-bond acceptors (Lipinski definition) is 6. The fraction of sp³-hybridized carbons (Fsp3) is 0.280. The lowest BCUT2D eigenvalue weighted by molar-refractivity contribution is 0.0593. The first-order valence-corrected chi connectivity index (χ1v) is 11.5.